The Bertz CT molecular complexity index is 776. The number of nitrogens with zero attached hydrogens (tertiary/aromatic N) is 2. The van der Waals surface area contributed by atoms with Crippen LogP contribution in [0.25, 0.3) is 10.9 Å². The molecule has 1 aliphatic rings. The molecule has 2 aromatic rings. The molecule has 1 aliphatic heterocycles. The summed E-state index contributed by atoms with van der Waals surface area (Å²) in [6.45, 7) is 1.05. The van der Waals surface area contributed by atoms with E-state index in [9.17, 15) is 13.6 Å². The van der Waals surface area contributed by atoms with Crippen molar-refractivity contribution >= 4 is 22.6 Å². The first kappa shape index (κ1) is 16.4. The molecule has 0 atom stereocenters. The molecule has 1 aromatic heterocycles. The number of carbonyl (C=O) groups excluding carboxylic acids is 1. The van der Waals surface area contributed by atoms with Gasteiger partial charge in [0.05, 0.1) is 18.2 Å². The van der Waals surface area contributed by atoms with Crippen LogP contribution in [-0.2, 0) is 0 Å². The minimum absolute atomic E-state index is 0.0895. The van der Waals surface area contributed by atoms with E-state index in [0.717, 1.165) is 6.07 Å². The summed E-state index contributed by atoms with van der Waals surface area (Å²) in [7, 11) is 1.25. The van der Waals surface area contributed by atoms with E-state index in [1.807, 2.05) is 0 Å². The number of anilines is 1. The molecule has 2 amide bonds. The highest BCUT2D eigenvalue weighted by Gasteiger charge is 2.23. The Morgan fingerprint density at radius 2 is 2.12 bits per heavy atom. The van der Waals surface area contributed by atoms with Gasteiger partial charge in [0.15, 0.2) is 17.4 Å². The first-order valence-corrected chi connectivity index (χ1v) is 7.63. The van der Waals surface area contributed by atoms with Gasteiger partial charge in [-0.25, -0.2) is 13.6 Å². The molecule has 8 heteroatoms. The van der Waals surface area contributed by atoms with E-state index in [1.54, 1.807) is 4.90 Å². The van der Waals surface area contributed by atoms with Gasteiger partial charge in [0, 0.05) is 31.4 Å². The van der Waals surface area contributed by atoms with Crippen LogP contribution >= 0.6 is 0 Å². The predicted molar refractivity (Wildman–Crippen MR) is 86.0 cm³/mol. The Morgan fingerprint density at radius 1 is 1.42 bits per heavy atom. The summed E-state index contributed by atoms with van der Waals surface area (Å²) in [6.07, 6.45) is 2.74. The van der Waals surface area contributed by atoms with Crippen LogP contribution in [0.15, 0.2) is 18.3 Å². The molecule has 0 radical (unpaired) electrons. The molecular weight excluding hydrogens is 318 g/mol. The molecule has 0 unspecified atom stereocenters. The van der Waals surface area contributed by atoms with Crippen LogP contribution in [0.2, 0.25) is 0 Å². The number of hydrogen-bond acceptors (Lipinski definition) is 4. The van der Waals surface area contributed by atoms with Crippen molar-refractivity contribution in [3.63, 3.8) is 0 Å². The van der Waals surface area contributed by atoms with E-state index < -0.39 is 11.6 Å². The summed E-state index contributed by atoms with van der Waals surface area (Å²) in [5.41, 5.74) is 5.81. The van der Waals surface area contributed by atoms with Gasteiger partial charge in [-0.15, -0.1) is 0 Å². The normalized spacial score (nSPS) is 15.6. The summed E-state index contributed by atoms with van der Waals surface area (Å²) in [4.78, 5) is 17.8. The topological polar surface area (TPSA) is 80.5 Å². The zero-order chi connectivity index (χ0) is 17.3. The van der Waals surface area contributed by atoms with Crippen LogP contribution < -0.4 is 15.8 Å². The van der Waals surface area contributed by atoms with E-state index in [0.29, 0.717) is 25.9 Å². The molecule has 0 aliphatic carbocycles. The number of methoxy groups -OCH3 is 1. The summed E-state index contributed by atoms with van der Waals surface area (Å²) in [5.74, 6) is -1.73. The maximum Gasteiger partial charge on any atom is 0.321 e. The number of ether oxygens (including phenoxy) is 1. The lowest BCUT2D eigenvalue weighted by Gasteiger charge is -2.30. The number of pyridine rings is 1. The molecule has 3 N–H and O–H groups in total. The van der Waals surface area contributed by atoms with Crippen molar-refractivity contribution in [2.75, 3.05) is 25.5 Å². The number of amides is 2. The first-order valence-electron chi connectivity index (χ1n) is 7.63. The average Bonchev–Trinajstić information content (AvgIpc) is 2.58. The fraction of sp³-hybridized carbons (Fsp3) is 0.375. The summed E-state index contributed by atoms with van der Waals surface area (Å²) < 4.78 is 33.5. The lowest BCUT2D eigenvalue weighted by Crippen LogP contribution is -2.44. The summed E-state index contributed by atoms with van der Waals surface area (Å²) in [5, 5.41) is 2.52. The van der Waals surface area contributed by atoms with E-state index >= 15 is 0 Å². The van der Waals surface area contributed by atoms with Crippen molar-refractivity contribution in [2.24, 2.45) is 5.73 Å². The Morgan fingerprint density at radius 3 is 2.79 bits per heavy atom. The molecule has 1 aromatic carbocycles. The van der Waals surface area contributed by atoms with Crippen molar-refractivity contribution in [1.29, 1.82) is 0 Å². The maximum absolute atomic E-state index is 14.5. The minimum Gasteiger partial charge on any atom is -0.494 e. The van der Waals surface area contributed by atoms with Crippen LogP contribution in [0.1, 0.15) is 12.8 Å². The van der Waals surface area contributed by atoms with E-state index in [4.69, 9.17) is 10.5 Å². The van der Waals surface area contributed by atoms with Gasteiger partial charge in [-0.1, -0.05) is 0 Å². The Labute approximate surface area is 137 Å². The number of benzene rings is 1. The van der Waals surface area contributed by atoms with Gasteiger partial charge in [-0.3, -0.25) is 4.98 Å². The zero-order valence-electron chi connectivity index (χ0n) is 13.2. The van der Waals surface area contributed by atoms with Gasteiger partial charge in [-0.2, -0.15) is 0 Å². The molecule has 2 heterocycles. The number of fused-ring (bicyclic) bond motifs is 1. The minimum atomic E-state index is -0.766. The zero-order valence-corrected chi connectivity index (χ0v) is 13.2. The van der Waals surface area contributed by atoms with Gasteiger partial charge < -0.3 is 20.7 Å². The lowest BCUT2D eigenvalue weighted by molar-refractivity contribution is 0.195. The standard InChI is InChI=1S/C16H18F2N4O2/c1-24-12-8-10(17)15-13(14(12)18)11(2-5-20-15)21-16(23)22-6-3-9(19)4-7-22/h2,5,8-9H,3-4,6-7,19H2,1H3,(H,20,21,23). The van der Waals surface area contributed by atoms with Crippen molar-refractivity contribution < 1.29 is 18.3 Å². The third kappa shape index (κ3) is 2.96. The second-order valence-corrected chi connectivity index (χ2v) is 5.71. The molecule has 1 saturated heterocycles. The molecule has 0 saturated carbocycles. The number of carbonyl (C=O) groups is 1. The fourth-order valence-electron chi connectivity index (χ4n) is 2.78. The third-order valence-electron chi connectivity index (χ3n) is 4.16. The molecule has 1 fully saturated rings. The molecular formula is C16H18F2N4O2. The van der Waals surface area contributed by atoms with E-state index in [1.165, 1.54) is 19.4 Å². The quantitative estimate of drug-likeness (QED) is 0.883. The van der Waals surface area contributed by atoms with Crippen LogP contribution in [0, 0.1) is 11.6 Å². The molecule has 0 bridgehead atoms. The van der Waals surface area contributed by atoms with Crippen LogP contribution in [0.5, 0.6) is 5.75 Å². The summed E-state index contributed by atoms with van der Waals surface area (Å²) >= 11 is 0. The average molecular weight is 336 g/mol. The Hall–Kier alpha value is -2.48. The van der Waals surface area contributed by atoms with E-state index in [2.05, 4.69) is 10.3 Å². The molecule has 6 nitrogen and oxygen atoms in total. The molecule has 0 spiro atoms. The number of nitrogens with one attached hydrogen (secondary N) is 1. The van der Waals surface area contributed by atoms with Gasteiger partial charge in [0.1, 0.15) is 5.52 Å². The van der Waals surface area contributed by atoms with Crippen LogP contribution in [0.4, 0.5) is 19.3 Å². The highest BCUT2D eigenvalue weighted by molar-refractivity contribution is 6.01. The Kier molecular flexibility index (Phi) is 4.48. The fourth-order valence-corrected chi connectivity index (χ4v) is 2.78. The van der Waals surface area contributed by atoms with E-state index in [-0.39, 0.29) is 34.4 Å². The van der Waals surface area contributed by atoms with Crippen molar-refractivity contribution in [1.82, 2.24) is 9.88 Å². The SMILES string of the molecule is COc1cc(F)c2nccc(NC(=O)N3CCC(N)CC3)c2c1F. The van der Waals surface area contributed by atoms with Gasteiger partial charge >= 0.3 is 6.03 Å². The van der Waals surface area contributed by atoms with Gasteiger partial charge in [-0.05, 0) is 18.9 Å². The number of likely N-dealkylation sites (tertiary alicyclic amines) is 1. The highest BCUT2D eigenvalue weighted by Crippen LogP contribution is 2.32. The first-order chi connectivity index (χ1) is 11.5. The second kappa shape index (κ2) is 6.56. The number of halogens is 2. The number of aromatic nitrogens is 1. The predicted octanol–water partition coefficient (Wildman–Crippen LogP) is 2.48. The van der Waals surface area contributed by atoms with Crippen LogP contribution in [0.3, 0.4) is 0 Å². The van der Waals surface area contributed by atoms with Crippen molar-refractivity contribution in [2.45, 2.75) is 18.9 Å². The van der Waals surface area contributed by atoms with Gasteiger partial charge in [0.2, 0.25) is 0 Å². The largest absolute Gasteiger partial charge is 0.494 e. The number of rotatable bonds is 2. The smallest absolute Gasteiger partial charge is 0.321 e. The maximum atomic E-state index is 14.5. The molecule has 128 valence electrons. The number of piperidine rings is 1. The number of urea groups is 1. The third-order valence-corrected chi connectivity index (χ3v) is 4.16. The second-order valence-electron chi connectivity index (χ2n) is 5.71. The van der Waals surface area contributed by atoms with Crippen molar-refractivity contribution in [3.05, 3.63) is 30.0 Å². The Balaban J connectivity index is 1.95. The lowest BCUT2D eigenvalue weighted by atomic mass is 10.1. The van der Waals surface area contributed by atoms with Crippen molar-refractivity contribution in [3.8, 4) is 5.75 Å². The molecule has 24 heavy (non-hydrogen) atoms. The number of nitrogens with two attached hydrogens (primary N) is 1. The summed E-state index contributed by atoms with van der Waals surface area (Å²) in [6, 6.07) is 2.07. The van der Waals surface area contributed by atoms with Crippen LogP contribution in [-0.4, -0.2) is 42.2 Å². The van der Waals surface area contributed by atoms with Gasteiger partial charge in [0.25, 0.3) is 0 Å². The molecule has 3 rings (SSSR count). The number of hydrogen-bond donors (Lipinski definition) is 2. The highest BCUT2D eigenvalue weighted by atomic mass is 19.1. The monoisotopic (exact) mass is 336 g/mol.